The second-order valence-corrected chi connectivity index (χ2v) is 7.02. The number of halogens is 1. The van der Waals surface area contributed by atoms with E-state index in [4.69, 9.17) is 0 Å². The molecule has 0 radical (unpaired) electrons. The third-order valence-electron chi connectivity index (χ3n) is 2.52. The van der Waals surface area contributed by atoms with Crippen LogP contribution in [0.15, 0.2) is 33.6 Å². The Labute approximate surface area is 122 Å². The molecular formula is C14H20BrNOS. The van der Waals surface area contributed by atoms with Crippen molar-refractivity contribution < 1.29 is 4.79 Å². The molecule has 1 aromatic rings. The number of carbonyl (C=O) groups is 1. The Morgan fingerprint density at radius 1 is 1.28 bits per heavy atom. The summed E-state index contributed by atoms with van der Waals surface area (Å²) in [5.74, 6) is 0.739. The van der Waals surface area contributed by atoms with E-state index in [1.807, 2.05) is 31.2 Å². The van der Waals surface area contributed by atoms with E-state index in [-0.39, 0.29) is 11.2 Å². The summed E-state index contributed by atoms with van der Waals surface area (Å²) in [7, 11) is 0. The minimum Gasteiger partial charge on any atom is -0.355 e. The number of rotatable bonds is 6. The average molecular weight is 330 g/mol. The lowest BCUT2D eigenvalue weighted by atomic mass is 10.1. The summed E-state index contributed by atoms with van der Waals surface area (Å²) in [4.78, 5) is 13.0. The van der Waals surface area contributed by atoms with Crippen molar-refractivity contribution in [2.24, 2.45) is 5.92 Å². The Hall–Kier alpha value is -0.480. The molecule has 0 aromatic heterocycles. The molecule has 1 rings (SSSR count). The molecule has 1 amide bonds. The van der Waals surface area contributed by atoms with Crippen LogP contribution in [0.25, 0.3) is 0 Å². The van der Waals surface area contributed by atoms with Gasteiger partial charge in [-0.2, -0.15) is 0 Å². The molecule has 0 heterocycles. The lowest BCUT2D eigenvalue weighted by molar-refractivity contribution is -0.120. The van der Waals surface area contributed by atoms with Gasteiger partial charge in [-0.1, -0.05) is 29.8 Å². The Bertz CT molecular complexity index is 378. The van der Waals surface area contributed by atoms with Crippen LogP contribution >= 0.6 is 27.7 Å². The first kappa shape index (κ1) is 15.6. The first-order chi connectivity index (χ1) is 8.49. The van der Waals surface area contributed by atoms with Gasteiger partial charge in [-0.3, -0.25) is 4.79 Å². The Balaban J connectivity index is 2.37. The molecule has 2 nitrogen and oxygen atoms in total. The maximum absolute atomic E-state index is 11.9. The number of hydrogen-bond donors (Lipinski definition) is 1. The summed E-state index contributed by atoms with van der Waals surface area (Å²) in [6.07, 6.45) is 1.03. The molecule has 0 aliphatic heterocycles. The van der Waals surface area contributed by atoms with Gasteiger partial charge >= 0.3 is 0 Å². The van der Waals surface area contributed by atoms with Crippen molar-refractivity contribution in [3.8, 4) is 0 Å². The molecule has 0 saturated carbocycles. The van der Waals surface area contributed by atoms with E-state index in [1.54, 1.807) is 11.8 Å². The van der Waals surface area contributed by atoms with Crippen molar-refractivity contribution in [3.05, 3.63) is 28.7 Å². The van der Waals surface area contributed by atoms with E-state index in [0.29, 0.717) is 5.92 Å². The topological polar surface area (TPSA) is 29.1 Å². The van der Waals surface area contributed by atoms with Gasteiger partial charge < -0.3 is 5.32 Å². The van der Waals surface area contributed by atoms with Gasteiger partial charge in [0.2, 0.25) is 5.91 Å². The molecule has 1 aromatic carbocycles. The average Bonchev–Trinajstić information content (AvgIpc) is 2.31. The number of amides is 1. The molecule has 1 N–H and O–H groups in total. The van der Waals surface area contributed by atoms with Crippen molar-refractivity contribution in [2.75, 3.05) is 6.54 Å². The van der Waals surface area contributed by atoms with E-state index in [2.05, 4.69) is 35.1 Å². The van der Waals surface area contributed by atoms with Gasteiger partial charge in [0.25, 0.3) is 0 Å². The van der Waals surface area contributed by atoms with Gasteiger partial charge in [0.15, 0.2) is 0 Å². The van der Waals surface area contributed by atoms with Gasteiger partial charge in [0, 0.05) is 15.9 Å². The predicted octanol–water partition coefficient (Wildman–Crippen LogP) is 4.09. The summed E-state index contributed by atoms with van der Waals surface area (Å²) in [6, 6.07) is 8.02. The van der Waals surface area contributed by atoms with Crippen LogP contribution in [0, 0.1) is 5.92 Å². The number of nitrogens with one attached hydrogen (secondary N) is 1. The van der Waals surface area contributed by atoms with Crippen molar-refractivity contribution in [1.29, 1.82) is 0 Å². The molecule has 0 bridgehead atoms. The molecule has 1 unspecified atom stereocenters. The summed E-state index contributed by atoms with van der Waals surface area (Å²) < 4.78 is 1.06. The second-order valence-electron chi connectivity index (χ2n) is 4.69. The normalized spacial score (nSPS) is 12.5. The third kappa shape index (κ3) is 5.91. The molecule has 0 aliphatic carbocycles. The minimum atomic E-state index is -0.0571. The largest absolute Gasteiger partial charge is 0.355 e. The van der Waals surface area contributed by atoms with Gasteiger partial charge in [-0.25, -0.2) is 0 Å². The number of carbonyl (C=O) groups excluding carboxylic acids is 1. The van der Waals surface area contributed by atoms with Crippen LogP contribution in [0.2, 0.25) is 0 Å². The van der Waals surface area contributed by atoms with Crippen LogP contribution in [0.3, 0.4) is 0 Å². The van der Waals surface area contributed by atoms with Crippen LogP contribution < -0.4 is 5.32 Å². The van der Waals surface area contributed by atoms with Gasteiger partial charge in [0.05, 0.1) is 5.25 Å². The quantitative estimate of drug-likeness (QED) is 0.796. The summed E-state index contributed by atoms with van der Waals surface area (Å²) in [6.45, 7) is 7.03. The van der Waals surface area contributed by atoms with Crippen molar-refractivity contribution >= 4 is 33.6 Å². The van der Waals surface area contributed by atoms with E-state index < -0.39 is 0 Å². The number of hydrogen-bond acceptors (Lipinski definition) is 2. The van der Waals surface area contributed by atoms with Crippen molar-refractivity contribution in [3.63, 3.8) is 0 Å². The zero-order valence-corrected chi connectivity index (χ0v) is 13.5. The van der Waals surface area contributed by atoms with E-state index >= 15 is 0 Å². The monoisotopic (exact) mass is 329 g/mol. The molecule has 1 atom stereocenters. The van der Waals surface area contributed by atoms with Crippen LogP contribution in [0.5, 0.6) is 0 Å². The maximum atomic E-state index is 11.9. The highest BCUT2D eigenvalue weighted by atomic mass is 79.9. The fourth-order valence-electron chi connectivity index (χ4n) is 1.40. The lowest BCUT2D eigenvalue weighted by Gasteiger charge is -2.12. The van der Waals surface area contributed by atoms with Crippen LogP contribution in [-0.2, 0) is 4.79 Å². The zero-order chi connectivity index (χ0) is 13.5. The molecule has 0 spiro atoms. The fraction of sp³-hybridized carbons (Fsp3) is 0.500. The minimum absolute atomic E-state index is 0.0571. The Kier molecular flexibility index (Phi) is 6.79. The molecule has 0 fully saturated rings. The standard InChI is InChI=1S/C14H20BrNOS/c1-10(2)8-9-16-14(17)11(3)18-13-6-4-12(15)5-7-13/h4-7,10-11H,8-9H2,1-3H3,(H,16,17). The van der Waals surface area contributed by atoms with E-state index in [1.165, 1.54) is 0 Å². The summed E-state index contributed by atoms with van der Waals surface area (Å²) in [5, 5.41) is 2.92. The molecule has 18 heavy (non-hydrogen) atoms. The lowest BCUT2D eigenvalue weighted by Crippen LogP contribution is -2.32. The SMILES string of the molecule is CC(C)CCNC(=O)C(C)Sc1ccc(Br)cc1. The zero-order valence-electron chi connectivity index (χ0n) is 11.1. The predicted molar refractivity (Wildman–Crippen MR) is 81.9 cm³/mol. The summed E-state index contributed by atoms with van der Waals surface area (Å²) in [5.41, 5.74) is 0. The van der Waals surface area contributed by atoms with E-state index in [9.17, 15) is 4.79 Å². The number of benzene rings is 1. The highest BCUT2D eigenvalue weighted by Crippen LogP contribution is 2.24. The highest BCUT2D eigenvalue weighted by Gasteiger charge is 2.13. The molecule has 0 aliphatic rings. The van der Waals surface area contributed by atoms with Crippen LogP contribution in [-0.4, -0.2) is 17.7 Å². The fourth-order valence-corrected chi connectivity index (χ4v) is 2.55. The maximum Gasteiger partial charge on any atom is 0.233 e. The van der Waals surface area contributed by atoms with Crippen molar-refractivity contribution in [2.45, 2.75) is 37.3 Å². The third-order valence-corrected chi connectivity index (χ3v) is 4.16. The first-order valence-corrected chi connectivity index (χ1v) is 7.86. The van der Waals surface area contributed by atoms with Gasteiger partial charge in [-0.05, 0) is 43.5 Å². The summed E-state index contributed by atoms with van der Waals surface area (Å²) >= 11 is 4.99. The molecule has 100 valence electrons. The molecular weight excluding hydrogens is 310 g/mol. The van der Waals surface area contributed by atoms with Crippen LogP contribution in [0.4, 0.5) is 0 Å². The van der Waals surface area contributed by atoms with E-state index in [0.717, 1.165) is 22.3 Å². The molecule has 0 saturated heterocycles. The Morgan fingerprint density at radius 2 is 1.89 bits per heavy atom. The first-order valence-electron chi connectivity index (χ1n) is 6.19. The molecule has 4 heteroatoms. The Morgan fingerprint density at radius 3 is 2.44 bits per heavy atom. The smallest absolute Gasteiger partial charge is 0.233 e. The highest BCUT2D eigenvalue weighted by molar-refractivity contribution is 9.10. The van der Waals surface area contributed by atoms with Gasteiger partial charge in [0.1, 0.15) is 0 Å². The second kappa shape index (κ2) is 7.85. The number of thioether (sulfide) groups is 1. The van der Waals surface area contributed by atoms with Gasteiger partial charge in [-0.15, -0.1) is 11.8 Å². The van der Waals surface area contributed by atoms with Crippen molar-refractivity contribution in [1.82, 2.24) is 5.32 Å². The van der Waals surface area contributed by atoms with Crippen LogP contribution in [0.1, 0.15) is 27.2 Å².